The maximum absolute atomic E-state index is 13.5. The molecule has 108 valence electrons. The molecule has 0 aliphatic heterocycles. The topological polar surface area (TPSA) is 4.93 Å². The lowest BCUT2D eigenvalue weighted by molar-refractivity contribution is 0.506. The summed E-state index contributed by atoms with van der Waals surface area (Å²) in [6.07, 6.45) is 0. The molecule has 4 aromatic rings. The van der Waals surface area contributed by atoms with Crippen LogP contribution in [-0.2, 0) is 6.54 Å². The summed E-state index contributed by atoms with van der Waals surface area (Å²) in [4.78, 5) is 0. The Morgan fingerprint density at radius 1 is 0.682 bits per heavy atom. The highest BCUT2D eigenvalue weighted by Gasteiger charge is 2.10. The van der Waals surface area contributed by atoms with Gasteiger partial charge in [-0.15, -0.1) is 0 Å². The van der Waals surface area contributed by atoms with Gasteiger partial charge in [0.15, 0.2) is 11.6 Å². The SMILES string of the molecule is Fc1ccc(Cn2c3ccccc3c3ccccc32)cc1F. The molecular formula is C19H13F2N. The van der Waals surface area contributed by atoms with Crippen LogP contribution in [0.3, 0.4) is 0 Å². The smallest absolute Gasteiger partial charge is 0.159 e. The first-order chi connectivity index (χ1) is 10.7. The van der Waals surface area contributed by atoms with Crippen molar-refractivity contribution in [2.75, 3.05) is 0 Å². The van der Waals surface area contributed by atoms with Gasteiger partial charge in [-0.05, 0) is 29.8 Å². The Morgan fingerprint density at radius 2 is 1.27 bits per heavy atom. The van der Waals surface area contributed by atoms with Crippen molar-refractivity contribution in [1.82, 2.24) is 4.57 Å². The zero-order chi connectivity index (χ0) is 15.1. The van der Waals surface area contributed by atoms with Gasteiger partial charge in [-0.2, -0.15) is 0 Å². The molecule has 0 spiro atoms. The molecule has 0 N–H and O–H groups in total. The molecule has 0 aliphatic carbocycles. The number of rotatable bonds is 2. The van der Waals surface area contributed by atoms with Crippen molar-refractivity contribution in [3.05, 3.63) is 83.9 Å². The van der Waals surface area contributed by atoms with Crippen molar-refractivity contribution in [3.63, 3.8) is 0 Å². The van der Waals surface area contributed by atoms with Crippen molar-refractivity contribution in [3.8, 4) is 0 Å². The lowest BCUT2D eigenvalue weighted by atomic mass is 10.2. The van der Waals surface area contributed by atoms with Gasteiger partial charge in [0.2, 0.25) is 0 Å². The van der Waals surface area contributed by atoms with Crippen LogP contribution in [0.15, 0.2) is 66.7 Å². The molecule has 1 heterocycles. The summed E-state index contributed by atoms with van der Waals surface area (Å²) in [5, 5.41) is 2.33. The van der Waals surface area contributed by atoms with Crippen molar-refractivity contribution in [2.24, 2.45) is 0 Å². The van der Waals surface area contributed by atoms with E-state index in [1.807, 2.05) is 24.3 Å². The summed E-state index contributed by atoms with van der Waals surface area (Å²) in [5.41, 5.74) is 2.92. The molecule has 3 heteroatoms. The minimum Gasteiger partial charge on any atom is -0.336 e. The Morgan fingerprint density at radius 3 is 1.86 bits per heavy atom. The zero-order valence-electron chi connectivity index (χ0n) is 11.8. The van der Waals surface area contributed by atoms with E-state index in [1.54, 1.807) is 6.07 Å². The van der Waals surface area contributed by atoms with Crippen molar-refractivity contribution >= 4 is 21.8 Å². The van der Waals surface area contributed by atoms with E-state index in [4.69, 9.17) is 0 Å². The van der Waals surface area contributed by atoms with Gasteiger partial charge >= 0.3 is 0 Å². The first-order valence-corrected chi connectivity index (χ1v) is 7.14. The highest BCUT2D eigenvalue weighted by atomic mass is 19.2. The monoisotopic (exact) mass is 293 g/mol. The Bertz CT molecular complexity index is 932. The molecule has 0 bridgehead atoms. The summed E-state index contributed by atoms with van der Waals surface area (Å²) < 4.78 is 28.7. The van der Waals surface area contributed by atoms with Crippen LogP contribution >= 0.6 is 0 Å². The summed E-state index contributed by atoms with van der Waals surface area (Å²) in [5.74, 6) is -1.62. The van der Waals surface area contributed by atoms with Crippen LogP contribution in [0.5, 0.6) is 0 Å². The number of nitrogens with zero attached hydrogens (tertiary/aromatic N) is 1. The number of hydrogen-bond acceptors (Lipinski definition) is 0. The van der Waals surface area contributed by atoms with Gasteiger partial charge in [-0.1, -0.05) is 42.5 Å². The Kier molecular flexibility index (Phi) is 2.93. The molecule has 0 atom stereocenters. The Labute approximate surface area is 126 Å². The second-order valence-electron chi connectivity index (χ2n) is 5.37. The van der Waals surface area contributed by atoms with Crippen LogP contribution in [0.1, 0.15) is 5.56 Å². The number of para-hydroxylation sites is 2. The van der Waals surface area contributed by atoms with Crippen LogP contribution < -0.4 is 0 Å². The van der Waals surface area contributed by atoms with Crippen LogP contribution in [-0.4, -0.2) is 4.57 Å². The summed E-state index contributed by atoms with van der Waals surface area (Å²) >= 11 is 0. The quantitative estimate of drug-likeness (QED) is 0.483. The van der Waals surface area contributed by atoms with E-state index < -0.39 is 11.6 Å². The van der Waals surface area contributed by atoms with E-state index in [1.165, 1.54) is 22.9 Å². The van der Waals surface area contributed by atoms with Gasteiger partial charge in [-0.25, -0.2) is 8.78 Å². The van der Waals surface area contributed by atoms with Gasteiger partial charge in [-0.3, -0.25) is 0 Å². The third-order valence-electron chi connectivity index (χ3n) is 4.00. The summed E-state index contributed by atoms with van der Waals surface area (Å²) in [7, 11) is 0. The van der Waals surface area contributed by atoms with Gasteiger partial charge in [0.05, 0.1) is 0 Å². The first-order valence-electron chi connectivity index (χ1n) is 7.14. The van der Waals surface area contributed by atoms with Crippen molar-refractivity contribution in [2.45, 2.75) is 6.54 Å². The molecule has 4 rings (SSSR count). The summed E-state index contributed by atoms with van der Waals surface area (Å²) in [6, 6.07) is 20.3. The average molecular weight is 293 g/mol. The molecular weight excluding hydrogens is 280 g/mol. The molecule has 22 heavy (non-hydrogen) atoms. The predicted octanol–water partition coefficient (Wildman–Crippen LogP) is 5.12. The average Bonchev–Trinajstić information content (AvgIpc) is 2.86. The van der Waals surface area contributed by atoms with E-state index in [0.29, 0.717) is 6.54 Å². The minimum absolute atomic E-state index is 0.505. The van der Waals surface area contributed by atoms with Crippen molar-refractivity contribution in [1.29, 1.82) is 0 Å². The molecule has 3 aromatic carbocycles. The fraction of sp³-hybridized carbons (Fsp3) is 0.0526. The molecule has 0 radical (unpaired) electrons. The fourth-order valence-electron chi connectivity index (χ4n) is 2.99. The van der Waals surface area contributed by atoms with Crippen LogP contribution in [0.25, 0.3) is 21.8 Å². The predicted molar refractivity (Wildman–Crippen MR) is 84.9 cm³/mol. The molecule has 1 aromatic heterocycles. The lowest BCUT2D eigenvalue weighted by Gasteiger charge is -2.08. The summed E-state index contributed by atoms with van der Waals surface area (Å²) in [6.45, 7) is 0.505. The van der Waals surface area contributed by atoms with Crippen molar-refractivity contribution < 1.29 is 8.78 Å². The second kappa shape index (κ2) is 4.95. The zero-order valence-corrected chi connectivity index (χ0v) is 11.8. The third kappa shape index (κ3) is 1.98. The van der Waals surface area contributed by atoms with Gasteiger partial charge < -0.3 is 4.57 Å². The van der Waals surface area contributed by atoms with E-state index in [0.717, 1.165) is 16.6 Å². The van der Waals surface area contributed by atoms with Crippen LogP contribution in [0, 0.1) is 11.6 Å². The largest absolute Gasteiger partial charge is 0.336 e. The Hall–Kier alpha value is -2.68. The second-order valence-corrected chi connectivity index (χ2v) is 5.37. The Balaban J connectivity index is 1.94. The van der Waals surface area contributed by atoms with Gasteiger partial charge in [0.1, 0.15) is 0 Å². The molecule has 0 saturated carbocycles. The van der Waals surface area contributed by atoms with E-state index in [-0.39, 0.29) is 0 Å². The standard InChI is InChI=1S/C19H13F2N/c20-16-10-9-13(11-17(16)21)12-22-18-7-3-1-5-14(18)15-6-2-4-8-19(15)22/h1-11H,12H2. The third-order valence-corrected chi connectivity index (χ3v) is 4.00. The number of hydrogen-bond donors (Lipinski definition) is 0. The fourth-order valence-corrected chi connectivity index (χ4v) is 2.99. The van der Waals surface area contributed by atoms with Crippen LogP contribution in [0.4, 0.5) is 8.78 Å². The molecule has 0 aliphatic rings. The van der Waals surface area contributed by atoms with Gasteiger partial charge in [0.25, 0.3) is 0 Å². The minimum atomic E-state index is -0.814. The van der Waals surface area contributed by atoms with Gasteiger partial charge in [0, 0.05) is 28.4 Å². The number of benzene rings is 3. The number of halogens is 2. The first kappa shape index (κ1) is 13.0. The van der Waals surface area contributed by atoms with E-state index >= 15 is 0 Å². The van der Waals surface area contributed by atoms with E-state index in [9.17, 15) is 8.78 Å². The molecule has 0 fully saturated rings. The molecule has 0 amide bonds. The molecule has 0 saturated heterocycles. The lowest BCUT2D eigenvalue weighted by Crippen LogP contribution is -2.00. The maximum Gasteiger partial charge on any atom is 0.159 e. The highest BCUT2D eigenvalue weighted by molar-refractivity contribution is 6.08. The maximum atomic E-state index is 13.5. The molecule has 1 nitrogen and oxygen atoms in total. The van der Waals surface area contributed by atoms with Crippen LogP contribution in [0.2, 0.25) is 0 Å². The molecule has 0 unspecified atom stereocenters. The number of fused-ring (bicyclic) bond motifs is 3. The van der Waals surface area contributed by atoms with E-state index in [2.05, 4.69) is 28.8 Å². The normalized spacial score (nSPS) is 11.4. The number of aromatic nitrogens is 1. The highest BCUT2D eigenvalue weighted by Crippen LogP contribution is 2.29.